The van der Waals surface area contributed by atoms with E-state index in [1.807, 2.05) is 5.57 Å². The largest absolute Gasteiger partial charge is 0.393 e. The van der Waals surface area contributed by atoms with E-state index in [0.717, 1.165) is 42.4 Å². The third-order valence-electron chi connectivity index (χ3n) is 11.8. The second kappa shape index (κ2) is 8.48. The van der Waals surface area contributed by atoms with Gasteiger partial charge in [0, 0.05) is 0 Å². The standard InChI is InChI=1S/C30H52O/c1-8-28(5)26-15-12-22-24-14-13-23(21(4)11-9-10-20(2)3)29(24,6)18-16-25(22)30(26,7)19-17-27(28)31/h12,20-21,23-27,31H,8-11,13-19H2,1-7H3/t21-,23-,24+,25+,26?,27?,28-,29-,30-/m1/s1. The maximum atomic E-state index is 10.9. The molecule has 1 N–H and O–H groups in total. The number of aliphatic hydroxyl groups excluding tert-OH is 1. The van der Waals surface area contributed by atoms with Gasteiger partial charge in [-0.1, -0.05) is 79.4 Å². The van der Waals surface area contributed by atoms with Gasteiger partial charge >= 0.3 is 0 Å². The van der Waals surface area contributed by atoms with Crippen molar-refractivity contribution in [3.8, 4) is 0 Å². The second-order valence-electron chi connectivity index (χ2n) is 13.5. The molecule has 2 unspecified atom stereocenters. The normalized spacial score (nSPS) is 48.0. The summed E-state index contributed by atoms with van der Waals surface area (Å²) in [5, 5.41) is 10.9. The monoisotopic (exact) mass is 428 g/mol. The molecular formula is C30H52O. The quantitative estimate of drug-likeness (QED) is 0.421. The number of aliphatic hydroxyl groups is 1. The summed E-state index contributed by atoms with van der Waals surface area (Å²) in [6, 6.07) is 0. The highest BCUT2D eigenvalue weighted by molar-refractivity contribution is 5.29. The Morgan fingerprint density at radius 3 is 2.29 bits per heavy atom. The van der Waals surface area contributed by atoms with Crippen LogP contribution in [0.1, 0.15) is 119 Å². The van der Waals surface area contributed by atoms with E-state index in [-0.39, 0.29) is 11.5 Å². The molecule has 3 fully saturated rings. The Hall–Kier alpha value is -0.300. The van der Waals surface area contributed by atoms with E-state index in [2.05, 4.69) is 54.5 Å². The Bertz CT molecular complexity index is 678. The first-order chi connectivity index (χ1) is 14.6. The van der Waals surface area contributed by atoms with E-state index in [9.17, 15) is 5.11 Å². The summed E-state index contributed by atoms with van der Waals surface area (Å²) in [6.45, 7) is 17.3. The Kier molecular flexibility index (Phi) is 6.53. The maximum Gasteiger partial charge on any atom is 0.0596 e. The lowest BCUT2D eigenvalue weighted by Gasteiger charge is -2.62. The predicted octanol–water partition coefficient (Wildman–Crippen LogP) is 8.41. The van der Waals surface area contributed by atoms with E-state index in [1.165, 1.54) is 57.8 Å². The second-order valence-corrected chi connectivity index (χ2v) is 13.5. The van der Waals surface area contributed by atoms with Gasteiger partial charge in [-0.2, -0.15) is 0 Å². The molecule has 0 heterocycles. The molecule has 1 nitrogen and oxygen atoms in total. The minimum atomic E-state index is -0.109. The summed E-state index contributed by atoms with van der Waals surface area (Å²) in [6.07, 6.45) is 17.2. The van der Waals surface area contributed by atoms with Crippen LogP contribution < -0.4 is 0 Å². The van der Waals surface area contributed by atoms with Crippen LogP contribution in [0.4, 0.5) is 0 Å². The first-order valence-corrected chi connectivity index (χ1v) is 14.0. The van der Waals surface area contributed by atoms with Crippen molar-refractivity contribution in [1.29, 1.82) is 0 Å². The van der Waals surface area contributed by atoms with E-state index in [4.69, 9.17) is 0 Å². The number of hydrogen-bond acceptors (Lipinski definition) is 1. The van der Waals surface area contributed by atoms with Gasteiger partial charge in [0.1, 0.15) is 0 Å². The molecule has 178 valence electrons. The maximum absolute atomic E-state index is 10.9. The fraction of sp³-hybridized carbons (Fsp3) is 0.933. The molecule has 0 spiro atoms. The van der Waals surface area contributed by atoms with Crippen LogP contribution in [-0.2, 0) is 0 Å². The van der Waals surface area contributed by atoms with Crippen molar-refractivity contribution in [3.05, 3.63) is 11.6 Å². The van der Waals surface area contributed by atoms with Crippen LogP contribution in [0.15, 0.2) is 11.6 Å². The average Bonchev–Trinajstić information content (AvgIpc) is 3.08. The van der Waals surface area contributed by atoms with Gasteiger partial charge in [-0.15, -0.1) is 0 Å². The van der Waals surface area contributed by atoms with Crippen LogP contribution in [0.5, 0.6) is 0 Å². The molecule has 0 aromatic carbocycles. The van der Waals surface area contributed by atoms with Crippen LogP contribution in [-0.4, -0.2) is 11.2 Å². The van der Waals surface area contributed by atoms with E-state index < -0.39 is 0 Å². The Labute approximate surface area is 193 Å². The number of hydrogen-bond donors (Lipinski definition) is 1. The highest BCUT2D eigenvalue weighted by Gasteiger charge is 2.61. The smallest absolute Gasteiger partial charge is 0.0596 e. The third-order valence-corrected chi connectivity index (χ3v) is 11.8. The van der Waals surface area contributed by atoms with Gasteiger partial charge in [-0.25, -0.2) is 0 Å². The molecular weight excluding hydrogens is 376 g/mol. The minimum Gasteiger partial charge on any atom is -0.393 e. The van der Waals surface area contributed by atoms with Crippen molar-refractivity contribution in [2.45, 2.75) is 125 Å². The third kappa shape index (κ3) is 3.68. The fourth-order valence-electron chi connectivity index (χ4n) is 9.64. The van der Waals surface area contributed by atoms with Crippen molar-refractivity contribution >= 4 is 0 Å². The van der Waals surface area contributed by atoms with Crippen molar-refractivity contribution in [2.24, 2.45) is 51.8 Å². The summed E-state index contributed by atoms with van der Waals surface area (Å²) in [4.78, 5) is 0. The van der Waals surface area contributed by atoms with Gasteiger partial charge in [0.2, 0.25) is 0 Å². The first kappa shape index (κ1) is 23.8. The lowest BCUT2D eigenvalue weighted by Crippen LogP contribution is -2.57. The van der Waals surface area contributed by atoms with Gasteiger partial charge in [-0.05, 0) is 103 Å². The van der Waals surface area contributed by atoms with Gasteiger partial charge < -0.3 is 5.11 Å². The molecule has 0 amide bonds. The number of allylic oxidation sites excluding steroid dienone is 2. The van der Waals surface area contributed by atoms with Crippen LogP contribution in [0.3, 0.4) is 0 Å². The molecule has 1 heteroatoms. The molecule has 4 rings (SSSR count). The van der Waals surface area contributed by atoms with Crippen LogP contribution in [0.25, 0.3) is 0 Å². The Balaban J connectivity index is 1.56. The van der Waals surface area contributed by atoms with Gasteiger partial charge in [-0.3, -0.25) is 0 Å². The van der Waals surface area contributed by atoms with Crippen molar-refractivity contribution in [3.63, 3.8) is 0 Å². The van der Waals surface area contributed by atoms with E-state index in [0.29, 0.717) is 16.7 Å². The molecule has 4 aliphatic carbocycles. The zero-order chi connectivity index (χ0) is 22.6. The number of rotatable bonds is 6. The van der Waals surface area contributed by atoms with Crippen LogP contribution >= 0.6 is 0 Å². The average molecular weight is 429 g/mol. The van der Waals surface area contributed by atoms with E-state index >= 15 is 0 Å². The molecule has 4 aliphatic rings. The number of fused-ring (bicyclic) bond motifs is 5. The van der Waals surface area contributed by atoms with E-state index in [1.54, 1.807) is 0 Å². The van der Waals surface area contributed by atoms with Gasteiger partial charge in [0.25, 0.3) is 0 Å². The summed E-state index contributed by atoms with van der Waals surface area (Å²) < 4.78 is 0. The molecule has 0 saturated heterocycles. The lowest BCUT2D eigenvalue weighted by molar-refractivity contribution is -0.135. The predicted molar refractivity (Wildman–Crippen MR) is 133 cm³/mol. The molecule has 0 bridgehead atoms. The summed E-state index contributed by atoms with van der Waals surface area (Å²) >= 11 is 0. The topological polar surface area (TPSA) is 20.2 Å². The highest BCUT2D eigenvalue weighted by Crippen LogP contribution is 2.69. The highest BCUT2D eigenvalue weighted by atomic mass is 16.3. The zero-order valence-electron chi connectivity index (χ0n) is 21.8. The Morgan fingerprint density at radius 2 is 1.61 bits per heavy atom. The minimum absolute atomic E-state index is 0.0962. The SMILES string of the molecule is CC[C@@]1(C)C(O)CC[C@@]2(C)C1CC=C1[C@@H]3CC[C@H]([C@H](C)CCCC(C)C)[C@@]3(C)CC[C@@H]12. The molecule has 0 radical (unpaired) electrons. The molecule has 0 aromatic rings. The van der Waals surface area contributed by atoms with Crippen molar-refractivity contribution in [2.75, 3.05) is 0 Å². The van der Waals surface area contributed by atoms with Crippen molar-refractivity contribution < 1.29 is 5.11 Å². The molecule has 0 aliphatic heterocycles. The van der Waals surface area contributed by atoms with Crippen molar-refractivity contribution in [1.82, 2.24) is 0 Å². The summed E-state index contributed by atoms with van der Waals surface area (Å²) in [5.74, 6) is 4.91. The molecule has 9 atom stereocenters. The first-order valence-electron chi connectivity index (χ1n) is 14.0. The summed E-state index contributed by atoms with van der Waals surface area (Å²) in [5.41, 5.74) is 2.90. The Morgan fingerprint density at radius 1 is 0.935 bits per heavy atom. The molecule has 0 aromatic heterocycles. The zero-order valence-corrected chi connectivity index (χ0v) is 21.8. The summed E-state index contributed by atoms with van der Waals surface area (Å²) in [7, 11) is 0. The van der Waals surface area contributed by atoms with Crippen LogP contribution in [0, 0.1) is 51.8 Å². The molecule has 31 heavy (non-hydrogen) atoms. The van der Waals surface area contributed by atoms with Gasteiger partial charge in [0.15, 0.2) is 0 Å². The van der Waals surface area contributed by atoms with Gasteiger partial charge in [0.05, 0.1) is 6.10 Å². The molecule has 3 saturated carbocycles. The fourth-order valence-corrected chi connectivity index (χ4v) is 9.64. The lowest BCUT2D eigenvalue weighted by atomic mass is 9.43. The van der Waals surface area contributed by atoms with Crippen LogP contribution in [0.2, 0.25) is 0 Å².